The minimum absolute atomic E-state index is 0.0799. The third-order valence-corrected chi connectivity index (χ3v) is 3.32. The molecular formula is C11H14N2O3S. The van der Waals surface area contributed by atoms with Crippen molar-refractivity contribution in [2.24, 2.45) is 0 Å². The number of anilines is 1. The zero-order chi connectivity index (χ0) is 12.7. The smallest absolute Gasteiger partial charge is 0.234 e. The van der Waals surface area contributed by atoms with Gasteiger partial charge in [-0.2, -0.15) is 5.26 Å². The molecule has 0 aliphatic carbocycles. The van der Waals surface area contributed by atoms with Crippen LogP contribution in [0.2, 0.25) is 0 Å². The lowest BCUT2D eigenvalue weighted by atomic mass is 10.1. The van der Waals surface area contributed by atoms with Gasteiger partial charge in [0.1, 0.15) is 0 Å². The molecule has 1 rings (SSSR count). The maximum Gasteiger partial charge on any atom is 0.234 e. The van der Waals surface area contributed by atoms with Gasteiger partial charge in [0.2, 0.25) is 10.0 Å². The minimum Gasteiger partial charge on any atom is -0.384 e. The standard InChI is InChI=1S/C11H14N2O3S/c1-16-8-9-17(14,15)13-11-4-2-10(3-5-11)6-7-12/h2-5,13H,6,8-9H2,1H3. The second-order valence-electron chi connectivity index (χ2n) is 3.45. The Bertz CT molecular complexity index is 488. The van der Waals surface area contributed by atoms with Crippen LogP contribution in [0.5, 0.6) is 0 Å². The summed E-state index contributed by atoms with van der Waals surface area (Å²) in [6.45, 7) is 0.155. The first kappa shape index (κ1) is 13.5. The number of sulfonamides is 1. The van der Waals surface area contributed by atoms with Gasteiger partial charge in [-0.25, -0.2) is 8.42 Å². The van der Waals surface area contributed by atoms with E-state index in [0.29, 0.717) is 12.1 Å². The van der Waals surface area contributed by atoms with Crippen molar-refractivity contribution in [1.29, 1.82) is 5.26 Å². The molecule has 0 bridgehead atoms. The van der Waals surface area contributed by atoms with Crippen LogP contribution in [0.3, 0.4) is 0 Å². The Balaban J connectivity index is 2.66. The molecule has 0 aromatic heterocycles. The summed E-state index contributed by atoms with van der Waals surface area (Å²) < 4.78 is 30.2. The van der Waals surface area contributed by atoms with Crippen molar-refractivity contribution in [3.8, 4) is 6.07 Å². The highest BCUT2D eigenvalue weighted by Gasteiger charge is 2.09. The zero-order valence-corrected chi connectivity index (χ0v) is 10.3. The molecule has 1 aromatic rings. The number of nitrogens with one attached hydrogen (secondary N) is 1. The number of rotatable bonds is 6. The molecule has 1 N–H and O–H groups in total. The topological polar surface area (TPSA) is 79.2 Å². The summed E-state index contributed by atoms with van der Waals surface area (Å²) in [5.41, 5.74) is 1.34. The molecule has 0 unspecified atom stereocenters. The van der Waals surface area contributed by atoms with E-state index in [2.05, 4.69) is 4.72 Å². The average Bonchev–Trinajstić information content (AvgIpc) is 2.29. The van der Waals surface area contributed by atoms with Gasteiger partial charge in [0, 0.05) is 12.8 Å². The molecule has 1 aromatic carbocycles. The third-order valence-electron chi connectivity index (χ3n) is 2.07. The molecule has 5 nitrogen and oxygen atoms in total. The first-order valence-electron chi connectivity index (χ1n) is 5.03. The zero-order valence-electron chi connectivity index (χ0n) is 9.51. The molecule has 0 aliphatic heterocycles. The highest BCUT2D eigenvalue weighted by Crippen LogP contribution is 2.11. The van der Waals surface area contributed by atoms with Crippen LogP contribution in [0.1, 0.15) is 5.56 Å². The van der Waals surface area contributed by atoms with E-state index in [-0.39, 0.29) is 12.4 Å². The predicted molar refractivity (Wildman–Crippen MR) is 65.0 cm³/mol. The molecule has 0 amide bonds. The second-order valence-corrected chi connectivity index (χ2v) is 5.29. The Labute approximate surface area is 101 Å². The van der Waals surface area contributed by atoms with Crippen LogP contribution in [0.4, 0.5) is 5.69 Å². The van der Waals surface area contributed by atoms with E-state index < -0.39 is 10.0 Å². The fraction of sp³-hybridized carbons (Fsp3) is 0.364. The van der Waals surface area contributed by atoms with E-state index >= 15 is 0 Å². The Hall–Kier alpha value is -1.58. The van der Waals surface area contributed by atoms with Gasteiger partial charge >= 0.3 is 0 Å². The van der Waals surface area contributed by atoms with Gasteiger partial charge in [0.15, 0.2) is 0 Å². The molecule has 92 valence electrons. The molecule has 0 saturated carbocycles. The SMILES string of the molecule is COCCS(=O)(=O)Nc1ccc(CC#N)cc1. The summed E-state index contributed by atoms with van der Waals surface area (Å²) in [6.07, 6.45) is 0.316. The van der Waals surface area contributed by atoms with Crippen LogP contribution in [-0.2, 0) is 21.2 Å². The summed E-state index contributed by atoms with van der Waals surface area (Å²) in [5.74, 6) is -0.0799. The quantitative estimate of drug-likeness (QED) is 0.825. The molecule has 0 atom stereocenters. The molecule has 0 saturated heterocycles. The molecule has 0 spiro atoms. The summed E-state index contributed by atoms with van der Waals surface area (Å²) in [6, 6.07) is 8.74. The van der Waals surface area contributed by atoms with E-state index in [4.69, 9.17) is 10.00 Å². The maximum atomic E-state index is 11.5. The Morgan fingerprint density at radius 2 is 2.00 bits per heavy atom. The number of methoxy groups -OCH3 is 1. The second kappa shape index (κ2) is 6.23. The van der Waals surface area contributed by atoms with Crippen molar-refractivity contribution in [2.45, 2.75) is 6.42 Å². The van der Waals surface area contributed by atoms with Crippen LogP contribution >= 0.6 is 0 Å². The minimum atomic E-state index is -3.36. The number of ether oxygens (including phenoxy) is 1. The molecule has 0 aliphatic rings. The van der Waals surface area contributed by atoms with Gasteiger partial charge in [-0.05, 0) is 17.7 Å². The Kier molecular flexibility index (Phi) is 4.94. The van der Waals surface area contributed by atoms with Crippen molar-refractivity contribution in [2.75, 3.05) is 24.2 Å². The number of hydrogen-bond donors (Lipinski definition) is 1. The van der Waals surface area contributed by atoms with Gasteiger partial charge < -0.3 is 4.74 Å². The van der Waals surface area contributed by atoms with Crippen molar-refractivity contribution in [3.63, 3.8) is 0 Å². The highest BCUT2D eigenvalue weighted by molar-refractivity contribution is 7.92. The van der Waals surface area contributed by atoms with Crippen LogP contribution in [0.25, 0.3) is 0 Å². The van der Waals surface area contributed by atoms with Gasteiger partial charge in [-0.1, -0.05) is 12.1 Å². The van der Waals surface area contributed by atoms with Crippen LogP contribution < -0.4 is 4.72 Å². The lowest BCUT2D eigenvalue weighted by Gasteiger charge is -2.07. The van der Waals surface area contributed by atoms with E-state index in [0.717, 1.165) is 5.56 Å². The number of nitrogens with zero attached hydrogens (tertiary/aromatic N) is 1. The molecule has 17 heavy (non-hydrogen) atoms. The van der Waals surface area contributed by atoms with E-state index in [9.17, 15) is 8.42 Å². The molecular weight excluding hydrogens is 240 g/mol. The predicted octanol–water partition coefficient (Wildman–Crippen LogP) is 1.14. The fourth-order valence-corrected chi connectivity index (χ4v) is 2.19. The molecule has 0 radical (unpaired) electrons. The first-order valence-corrected chi connectivity index (χ1v) is 6.68. The van der Waals surface area contributed by atoms with E-state index in [1.54, 1.807) is 24.3 Å². The van der Waals surface area contributed by atoms with E-state index in [1.165, 1.54) is 7.11 Å². The third kappa shape index (κ3) is 4.85. The van der Waals surface area contributed by atoms with Gasteiger partial charge in [0.05, 0.1) is 24.8 Å². The summed E-state index contributed by atoms with van der Waals surface area (Å²) in [5, 5.41) is 8.50. The molecule has 0 fully saturated rings. The summed E-state index contributed by atoms with van der Waals surface area (Å²) in [4.78, 5) is 0. The number of hydrogen-bond acceptors (Lipinski definition) is 4. The van der Waals surface area contributed by atoms with Crippen molar-refractivity contribution < 1.29 is 13.2 Å². The first-order chi connectivity index (χ1) is 8.07. The van der Waals surface area contributed by atoms with Crippen LogP contribution in [0, 0.1) is 11.3 Å². The number of benzene rings is 1. The van der Waals surface area contributed by atoms with Crippen molar-refractivity contribution in [3.05, 3.63) is 29.8 Å². The molecule has 0 heterocycles. The van der Waals surface area contributed by atoms with Crippen LogP contribution in [-0.4, -0.2) is 27.9 Å². The largest absolute Gasteiger partial charge is 0.384 e. The van der Waals surface area contributed by atoms with Crippen LogP contribution in [0.15, 0.2) is 24.3 Å². The fourth-order valence-electron chi connectivity index (χ4n) is 1.21. The normalized spacial score (nSPS) is 10.8. The highest BCUT2D eigenvalue weighted by atomic mass is 32.2. The van der Waals surface area contributed by atoms with Gasteiger partial charge in [-0.3, -0.25) is 4.72 Å². The average molecular weight is 254 g/mol. The summed E-state index contributed by atoms with van der Waals surface area (Å²) in [7, 11) is -1.91. The lowest BCUT2D eigenvalue weighted by Crippen LogP contribution is -2.19. The van der Waals surface area contributed by atoms with Crippen molar-refractivity contribution >= 4 is 15.7 Å². The van der Waals surface area contributed by atoms with Gasteiger partial charge in [0.25, 0.3) is 0 Å². The van der Waals surface area contributed by atoms with Gasteiger partial charge in [-0.15, -0.1) is 0 Å². The maximum absolute atomic E-state index is 11.5. The Morgan fingerprint density at radius 3 is 2.53 bits per heavy atom. The number of nitriles is 1. The van der Waals surface area contributed by atoms with Crippen molar-refractivity contribution in [1.82, 2.24) is 0 Å². The monoisotopic (exact) mass is 254 g/mol. The Morgan fingerprint density at radius 1 is 1.35 bits per heavy atom. The molecule has 6 heteroatoms. The summed E-state index contributed by atoms with van der Waals surface area (Å²) >= 11 is 0. The van der Waals surface area contributed by atoms with E-state index in [1.807, 2.05) is 6.07 Å². The lowest BCUT2D eigenvalue weighted by molar-refractivity contribution is 0.217.